The highest BCUT2D eigenvalue weighted by atomic mass is 79.9. The first-order chi connectivity index (χ1) is 15.8. The van der Waals surface area contributed by atoms with Gasteiger partial charge >= 0.3 is 0 Å². The average molecular weight is 512 g/mol. The molecule has 1 aliphatic rings. The summed E-state index contributed by atoms with van der Waals surface area (Å²) in [6.45, 7) is 0. The molecule has 1 atom stereocenters. The number of imide groups is 1. The number of nitrogens with one attached hydrogen (secondary N) is 1. The van der Waals surface area contributed by atoms with Crippen molar-refractivity contribution in [1.82, 2.24) is 4.90 Å². The van der Waals surface area contributed by atoms with Crippen molar-refractivity contribution < 1.29 is 23.7 Å². The topological polar surface area (TPSA) is 110 Å². The van der Waals surface area contributed by atoms with E-state index in [4.69, 9.17) is 0 Å². The molecule has 33 heavy (non-hydrogen) atoms. The first-order valence-corrected chi connectivity index (χ1v) is 10.5. The lowest BCUT2D eigenvalue weighted by molar-refractivity contribution is -0.384. The Bertz CT molecular complexity index is 1260. The molecule has 0 fully saturated rings. The van der Waals surface area contributed by atoms with Gasteiger partial charge in [0.25, 0.3) is 17.5 Å². The van der Waals surface area contributed by atoms with Gasteiger partial charge in [-0.3, -0.25) is 29.4 Å². The van der Waals surface area contributed by atoms with Gasteiger partial charge in [0, 0.05) is 23.0 Å². The lowest BCUT2D eigenvalue weighted by Crippen LogP contribution is -2.48. The smallest absolute Gasteiger partial charge is 0.269 e. The monoisotopic (exact) mass is 511 g/mol. The quantitative estimate of drug-likeness (QED) is 0.300. The van der Waals surface area contributed by atoms with Crippen molar-refractivity contribution in [3.8, 4) is 0 Å². The van der Waals surface area contributed by atoms with Gasteiger partial charge in [0.15, 0.2) is 0 Å². The summed E-state index contributed by atoms with van der Waals surface area (Å²) in [6, 6.07) is 14.3. The standard InChI is InChI=1S/C23H15BrFN3O5/c24-14-7-10-19(18(25)12-14)26-21(29)20(11-13-5-8-15(9-6-13)28(32)33)27-22(30)16-3-1-2-4-17(16)23(27)31/h1-10,12,20H,11H2,(H,26,29)/t20-/m0/s1. The normalized spacial score (nSPS) is 13.6. The highest BCUT2D eigenvalue weighted by Crippen LogP contribution is 2.28. The molecule has 3 aromatic rings. The zero-order valence-electron chi connectivity index (χ0n) is 16.8. The second kappa shape index (κ2) is 8.91. The van der Waals surface area contributed by atoms with Crippen molar-refractivity contribution in [3.05, 3.63) is 104 Å². The summed E-state index contributed by atoms with van der Waals surface area (Å²) in [6.07, 6.45) is -0.118. The molecule has 8 nitrogen and oxygen atoms in total. The van der Waals surface area contributed by atoms with Gasteiger partial charge in [0.1, 0.15) is 11.9 Å². The third kappa shape index (κ3) is 4.37. The Kier molecular flexibility index (Phi) is 6.01. The van der Waals surface area contributed by atoms with E-state index in [0.717, 1.165) is 4.90 Å². The second-order valence-corrected chi connectivity index (χ2v) is 8.20. The van der Waals surface area contributed by atoms with Gasteiger partial charge in [-0.15, -0.1) is 0 Å². The van der Waals surface area contributed by atoms with Crippen LogP contribution < -0.4 is 5.32 Å². The van der Waals surface area contributed by atoms with Gasteiger partial charge in [-0.2, -0.15) is 0 Å². The molecule has 1 N–H and O–H groups in total. The summed E-state index contributed by atoms with van der Waals surface area (Å²) < 4.78 is 14.8. The Labute approximate surface area is 195 Å². The van der Waals surface area contributed by atoms with Crippen molar-refractivity contribution in [2.75, 3.05) is 5.32 Å². The number of non-ortho nitro benzene ring substituents is 1. The number of nitrogens with zero attached hydrogens (tertiary/aromatic N) is 2. The first kappa shape index (κ1) is 22.3. The van der Waals surface area contributed by atoms with Crippen LogP contribution in [0.5, 0.6) is 0 Å². The SMILES string of the molecule is O=C(Nc1ccc(Br)cc1F)[C@H](Cc1ccc([N+](=O)[O-])cc1)N1C(=O)c2ccccc2C1=O. The number of hydrogen-bond acceptors (Lipinski definition) is 5. The van der Waals surface area contributed by atoms with Crippen molar-refractivity contribution in [1.29, 1.82) is 0 Å². The molecule has 0 radical (unpaired) electrons. The van der Waals surface area contributed by atoms with Gasteiger partial charge < -0.3 is 5.32 Å². The fraction of sp³-hybridized carbons (Fsp3) is 0.0870. The summed E-state index contributed by atoms with van der Waals surface area (Å²) in [4.78, 5) is 50.4. The Balaban J connectivity index is 1.69. The number of nitro groups is 1. The van der Waals surface area contributed by atoms with Crippen LogP contribution in [0.3, 0.4) is 0 Å². The lowest BCUT2D eigenvalue weighted by Gasteiger charge is -2.25. The minimum absolute atomic E-state index is 0.117. The van der Waals surface area contributed by atoms with E-state index in [1.807, 2.05) is 0 Å². The van der Waals surface area contributed by atoms with E-state index in [1.165, 1.54) is 54.6 Å². The Morgan fingerprint density at radius 2 is 1.64 bits per heavy atom. The fourth-order valence-corrected chi connectivity index (χ4v) is 3.91. The molecule has 3 amide bonds. The van der Waals surface area contributed by atoms with Gasteiger partial charge in [0.2, 0.25) is 5.91 Å². The molecule has 0 aliphatic carbocycles. The number of benzene rings is 3. The summed E-state index contributed by atoms with van der Waals surface area (Å²) in [5.74, 6) is -2.76. The van der Waals surface area contributed by atoms with Crippen LogP contribution >= 0.6 is 15.9 Å². The molecule has 10 heteroatoms. The summed E-state index contributed by atoms with van der Waals surface area (Å²) in [5.41, 5.74) is 0.553. The van der Waals surface area contributed by atoms with E-state index >= 15 is 0 Å². The van der Waals surface area contributed by atoms with Gasteiger partial charge in [-0.25, -0.2) is 4.39 Å². The maximum atomic E-state index is 14.3. The highest BCUT2D eigenvalue weighted by molar-refractivity contribution is 9.10. The predicted molar refractivity (Wildman–Crippen MR) is 120 cm³/mol. The number of amides is 3. The molecule has 3 aromatic carbocycles. The average Bonchev–Trinajstić information content (AvgIpc) is 3.04. The van der Waals surface area contributed by atoms with Crippen LogP contribution in [-0.2, 0) is 11.2 Å². The van der Waals surface area contributed by atoms with E-state index in [2.05, 4.69) is 21.2 Å². The molecule has 0 unspecified atom stereocenters. The fourth-order valence-electron chi connectivity index (χ4n) is 3.58. The van der Waals surface area contributed by atoms with E-state index < -0.39 is 34.5 Å². The molecular weight excluding hydrogens is 497 g/mol. The number of halogens is 2. The number of fused-ring (bicyclic) bond motifs is 1. The van der Waals surface area contributed by atoms with E-state index in [-0.39, 0.29) is 28.9 Å². The summed E-state index contributed by atoms with van der Waals surface area (Å²) in [7, 11) is 0. The van der Waals surface area contributed by atoms with Crippen LogP contribution in [0.4, 0.5) is 15.8 Å². The van der Waals surface area contributed by atoms with Crippen molar-refractivity contribution >= 4 is 45.0 Å². The van der Waals surface area contributed by atoms with Crippen molar-refractivity contribution in [2.45, 2.75) is 12.5 Å². The molecule has 0 spiro atoms. The first-order valence-electron chi connectivity index (χ1n) is 9.72. The Hall–Kier alpha value is -3.92. The van der Waals surface area contributed by atoms with Crippen LogP contribution in [0.15, 0.2) is 71.2 Å². The number of anilines is 1. The lowest BCUT2D eigenvalue weighted by atomic mass is 10.0. The highest BCUT2D eigenvalue weighted by Gasteiger charge is 2.42. The zero-order valence-corrected chi connectivity index (χ0v) is 18.4. The van der Waals surface area contributed by atoms with Crippen LogP contribution in [0.2, 0.25) is 0 Å². The van der Waals surface area contributed by atoms with Crippen molar-refractivity contribution in [3.63, 3.8) is 0 Å². The molecule has 0 aromatic heterocycles. The zero-order chi connectivity index (χ0) is 23.7. The molecule has 1 aliphatic heterocycles. The molecule has 1 heterocycles. The third-order valence-corrected chi connectivity index (χ3v) is 5.70. The molecule has 166 valence electrons. The van der Waals surface area contributed by atoms with Gasteiger partial charge in [-0.05, 0) is 35.9 Å². The number of carbonyl (C=O) groups is 3. The van der Waals surface area contributed by atoms with Crippen LogP contribution in [0.1, 0.15) is 26.3 Å². The van der Waals surface area contributed by atoms with Gasteiger partial charge in [-0.1, -0.05) is 40.2 Å². The third-order valence-electron chi connectivity index (χ3n) is 5.21. The Morgan fingerprint density at radius 1 is 1.03 bits per heavy atom. The summed E-state index contributed by atoms with van der Waals surface area (Å²) >= 11 is 3.14. The van der Waals surface area contributed by atoms with Crippen molar-refractivity contribution in [2.24, 2.45) is 0 Å². The maximum Gasteiger partial charge on any atom is 0.269 e. The number of nitro benzene ring substituents is 1. The summed E-state index contributed by atoms with van der Waals surface area (Å²) in [5, 5.41) is 13.4. The molecule has 0 saturated heterocycles. The Morgan fingerprint density at radius 3 is 2.18 bits per heavy atom. The largest absolute Gasteiger partial charge is 0.322 e. The number of hydrogen-bond donors (Lipinski definition) is 1. The van der Waals surface area contributed by atoms with E-state index in [0.29, 0.717) is 10.0 Å². The van der Waals surface area contributed by atoms with E-state index in [9.17, 15) is 28.9 Å². The van der Waals surface area contributed by atoms with Gasteiger partial charge in [0.05, 0.1) is 21.7 Å². The van der Waals surface area contributed by atoms with E-state index in [1.54, 1.807) is 12.1 Å². The minimum atomic E-state index is -1.32. The van der Waals surface area contributed by atoms with Crippen LogP contribution in [0.25, 0.3) is 0 Å². The molecule has 4 rings (SSSR count). The maximum absolute atomic E-state index is 14.3. The minimum Gasteiger partial charge on any atom is -0.322 e. The van der Waals surface area contributed by atoms with Crippen LogP contribution in [-0.4, -0.2) is 33.6 Å². The molecule has 0 saturated carbocycles. The van der Waals surface area contributed by atoms with Crippen LogP contribution in [0, 0.1) is 15.9 Å². The number of carbonyl (C=O) groups excluding carboxylic acids is 3. The number of rotatable bonds is 6. The molecular formula is C23H15BrFN3O5. The molecule has 0 bridgehead atoms. The predicted octanol–water partition coefficient (Wildman–Crippen LogP) is 4.34. The second-order valence-electron chi connectivity index (χ2n) is 7.28.